The summed E-state index contributed by atoms with van der Waals surface area (Å²) in [5, 5.41) is 4.94. The molecule has 1 amide bonds. The summed E-state index contributed by atoms with van der Waals surface area (Å²) in [7, 11) is 0. The van der Waals surface area contributed by atoms with Gasteiger partial charge in [0, 0.05) is 23.9 Å². The van der Waals surface area contributed by atoms with Gasteiger partial charge in [0.25, 0.3) is 5.91 Å². The van der Waals surface area contributed by atoms with Crippen LogP contribution >= 0.6 is 24.0 Å². The average Bonchev–Trinajstić information content (AvgIpc) is 3.61. The molecule has 0 N–H and O–H groups in total. The first-order chi connectivity index (χ1) is 17.5. The van der Waals surface area contributed by atoms with Crippen LogP contribution in [-0.4, -0.2) is 50.8 Å². The Bertz CT molecular complexity index is 1300. The van der Waals surface area contributed by atoms with Crippen LogP contribution in [-0.2, 0) is 9.53 Å². The number of aromatic nitrogens is 2. The van der Waals surface area contributed by atoms with Crippen LogP contribution in [0, 0.1) is 6.92 Å². The lowest BCUT2D eigenvalue weighted by molar-refractivity contribution is -0.123. The Hall–Kier alpha value is -2.94. The van der Waals surface area contributed by atoms with Gasteiger partial charge < -0.3 is 9.47 Å². The second-order valence-corrected chi connectivity index (χ2v) is 10.6. The Morgan fingerprint density at radius 1 is 1.25 bits per heavy atom. The summed E-state index contributed by atoms with van der Waals surface area (Å²) >= 11 is 6.90. The summed E-state index contributed by atoms with van der Waals surface area (Å²) in [6.07, 6.45) is 6.88. The molecular weight excluding hydrogens is 490 g/mol. The van der Waals surface area contributed by atoms with Gasteiger partial charge in [0.2, 0.25) is 0 Å². The minimum absolute atomic E-state index is 0.0549. The molecule has 1 atom stereocenters. The summed E-state index contributed by atoms with van der Waals surface area (Å²) in [5.41, 5.74) is 4.67. The van der Waals surface area contributed by atoms with Gasteiger partial charge in [0.1, 0.15) is 15.8 Å². The third-order valence-corrected chi connectivity index (χ3v) is 7.64. The van der Waals surface area contributed by atoms with Gasteiger partial charge in [0.05, 0.1) is 29.8 Å². The van der Waals surface area contributed by atoms with Crippen LogP contribution in [0.2, 0.25) is 0 Å². The molecule has 0 bridgehead atoms. The fourth-order valence-electron chi connectivity index (χ4n) is 4.42. The molecule has 3 heterocycles. The Balaban J connectivity index is 1.51. The molecule has 2 aliphatic heterocycles. The predicted octanol–water partition coefficient (Wildman–Crippen LogP) is 6.02. The first-order valence-corrected chi connectivity index (χ1v) is 13.5. The molecule has 36 heavy (non-hydrogen) atoms. The third kappa shape index (κ3) is 5.26. The number of para-hydroxylation sites is 1. The minimum Gasteiger partial charge on any atom is -0.494 e. The zero-order valence-electron chi connectivity index (χ0n) is 20.5. The van der Waals surface area contributed by atoms with Crippen LogP contribution in [0.5, 0.6) is 5.75 Å². The van der Waals surface area contributed by atoms with Crippen molar-refractivity contribution < 1.29 is 14.3 Å². The maximum atomic E-state index is 13.3. The van der Waals surface area contributed by atoms with Crippen molar-refractivity contribution in [2.24, 2.45) is 0 Å². The van der Waals surface area contributed by atoms with E-state index in [9.17, 15) is 4.79 Å². The fraction of sp³-hybridized carbons (Fsp3) is 0.321. The van der Waals surface area contributed by atoms with E-state index in [1.807, 2.05) is 65.5 Å². The number of nitrogens with zero attached hydrogens (tertiary/aromatic N) is 3. The molecule has 2 aromatic carbocycles. The first kappa shape index (κ1) is 24.7. The van der Waals surface area contributed by atoms with Gasteiger partial charge in [-0.25, -0.2) is 4.68 Å². The molecule has 1 aromatic heterocycles. The van der Waals surface area contributed by atoms with Crippen molar-refractivity contribution in [1.82, 2.24) is 14.7 Å². The molecule has 0 aliphatic carbocycles. The van der Waals surface area contributed by atoms with Gasteiger partial charge in [-0.1, -0.05) is 49.1 Å². The standard InChI is InChI=1S/C28H29N3O3S2/c1-3-13-33-22-11-12-24(19(2)15-22)26-20(17-31(29-26)21-8-5-4-6-9-21)16-25-27(32)30(28(35)36-25)18-23-10-7-14-34-23/h4-6,8-9,11-12,15-17,23H,3,7,10,13-14,18H2,1-2H3/b25-16-. The molecule has 6 nitrogen and oxygen atoms in total. The molecule has 0 saturated carbocycles. The number of ether oxygens (including phenoxy) is 2. The summed E-state index contributed by atoms with van der Waals surface area (Å²) in [4.78, 5) is 15.6. The molecule has 2 saturated heterocycles. The Labute approximate surface area is 221 Å². The average molecular weight is 520 g/mol. The largest absolute Gasteiger partial charge is 0.494 e. The number of aryl methyl sites for hydroxylation is 1. The van der Waals surface area contributed by atoms with Crippen LogP contribution in [0.15, 0.2) is 59.6 Å². The van der Waals surface area contributed by atoms with Crippen LogP contribution in [0.1, 0.15) is 37.3 Å². The van der Waals surface area contributed by atoms with E-state index in [0.717, 1.165) is 59.7 Å². The van der Waals surface area contributed by atoms with Gasteiger partial charge in [-0.2, -0.15) is 5.10 Å². The third-order valence-electron chi connectivity index (χ3n) is 6.26. The lowest BCUT2D eigenvalue weighted by atomic mass is 10.0. The number of hydrogen-bond acceptors (Lipinski definition) is 6. The highest BCUT2D eigenvalue weighted by Gasteiger charge is 2.35. The molecule has 1 unspecified atom stereocenters. The monoisotopic (exact) mass is 519 g/mol. The van der Waals surface area contributed by atoms with E-state index >= 15 is 0 Å². The zero-order valence-corrected chi connectivity index (χ0v) is 22.1. The highest BCUT2D eigenvalue weighted by molar-refractivity contribution is 8.26. The van der Waals surface area contributed by atoms with Crippen molar-refractivity contribution in [1.29, 1.82) is 0 Å². The van der Waals surface area contributed by atoms with Gasteiger partial charge in [0.15, 0.2) is 0 Å². The molecule has 2 fully saturated rings. The fourth-order valence-corrected chi connectivity index (χ4v) is 5.68. The van der Waals surface area contributed by atoms with Crippen molar-refractivity contribution in [3.8, 4) is 22.7 Å². The molecule has 3 aromatic rings. The quantitative estimate of drug-likeness (QED) is 0.268. The van der Waals surface area contributed by atoms with E-state index in [2.05, 4.69) is 13.8 Å². The van der Waals surface area contributed by atoms with Crippen molar-refractivity contribution in [2.45, 2.75) is 39.2 Å². The molecule has 2 aliphatic rings. The van der Waals surface area contributed by atoms with Crippen molar-refractivity contribution in [2.75, 3.05) is 19.8 Å². The number of thioether (sulfide) groups is 1. The molecule has 186 valence electrons. The summed E-state index contributed by atoms with van der Waals surface area (Å²) < 4.78 is 14.0. The minimum atomic E-state index is -0.0704. The Morgan fingerprint density at radius 3 is 2.81 bits per heavy atom. The second-order valence-electron chi connectivity index (χ2n) is 8.97. The summed E-state index contributed by atoms with van der Waals surface area (Å²) in [6, 6.07) is 16.0. The van der Waals surface area contributed by atoms with E-state index in [4.69, 9.17) is 26.8 Å². The number of carbonyl (C=O) groups is 1. The molecule has 0 spiro atoms. The smallest absolute Gasteiger partial charge is 0.266 e. The number of amides is 1. The van der Waals surface area contributed by atoms with Crippen molar-refractivity contribution >= 4 is 40.3 Å². The Kier molecular flexibility index (Phi) is 7.55. The SMILES string of the molecule is CCCOc1ccc(-c2nn(-c3ccccc3)cc2/C=C2\SC(=S)N(CC3CCCO3)C2=O)c(C)c1. The molecule has 8 heteroatoms. The zero-order chi connectivity index (χ0) is 25.1. The van der Waals surface area contributed by atoms with Crippen molar-refractivity contribution in [3.05, 3.63) is 70.8 Å². The van der Waals surface area contributed by atoms with Gasteiger partial charge in [-0.05, 0) is 68.2 Å². The predicted molar refractivity (Wildman–Crippen MR) is 148 cm³/mol. The number of benzene rings is 2. The van der Waals surface area contributed by atoms with E-state index in [-0.39, 0.29) is 12.0 Å². The Morgan fingerprint density at radius 2 is 2.08 bits per heavy atom. The second kappa shape index (κ2) is 11.0. The van der Waals surface area contributed by atoms with Crippen LogP contribution in [0.4, 0.5) is 0 Å². The van der Waals surface area contributed by atoms with E-state index in [1.54, 1.807) is 4.90 Å². The van der Waals surface area contributed by atoms with Crippen LogP contribution in [0.25, 0.3) is 23.0 Å². The van der Waals surface area contributed by atoms with E-state index in [0.29, 0.717) is 22.4 Å². The lowest BCUT2D eigenvalue weighted by Gasteiger charge is -2.18. The van der Waals surface area contributed by atoms with E-state index in [1.165, 1.54) is 11.8 Å². The van der Waals surface area contributed by atoms with E-state index < -0.39 is 0 Å². The topological polar surface area (TPSA) is 56.6 Å². The van der Waals surface area contributed by atoms with Gasteiger partial charge in [-0.15, -0.1) is 0 Å². The lowest BCUT2D eigenvalue weighted by Crippen LogP contribution is -2.35. The molecule has 5 rings (SSSR count). The molecule has 0 radical (unpaired) electrons. The van der Waals surface area contributed by atoms with Crippen molar-refractivity contribution in [3.63, 3.8) is 0 Å². The highest BCUT2D eigenvalue weighted by atomic mass is 32.2. The maximum absolute atomic E-state index is 13.3. The van der Waals surface area contributed by atoms with Gasteiger partial charge >= 0.3 is 0 Å². The molecular formula is C28H29N3O3S2. The first-order valence-electron chi connectivity index (χ1n) is 12.3. The maximum Gasteiger partial charge on any atom is 0.266 e. The normalized spacial score (nSPS) is 19.0. The number of hydrogen-bond donors (Lipinski definition) is 0. The van der Waals surface area contributed by atoms with Gasteiger partial charge in [-0.3, -0.25) is 9.69 Å². The summed E-state index contributed by atoms with van der Waals surface area (Å²) in [5.74, 6) is 0.774. The number of rotatable bonds is 8. The van der Waals surface area contributed by atoms with Crippen LogP contribution < -0.4 is 4.74 Å². The summed E-state index contributed by atoms with van der Waals surface area (Å²) in [6.45, 7) is 6.09. The highest BCUT2D eigenvalue weighted by Crippen LogP contribution is 2.36. The number of carbonyl (C=O) groups excluding carboxylic acids is 1. The number of thiocarbonyl (C=S) groups is 1. The van der Waals surface area contributed by atoms with Crippen LogP contribution in [0.3, 0.4) is 0 Å².